The largest absolute Gasteiger partial charge is 0.376 e. The van der Waals surface area contributed by atoms with Crippen LogP contribution in [0.2, 0.25) is 5.02 Å². The zero-order valence-corrected chi connectivity index (χ0v) is 12.9. The molecule has 0 aliphatic carbocycles. The van der Waals surface area contributed by atoms with Crippen LogP contribution in [0, 0.1) is 22.9 Å². The second kappa shape index (κ2) is 7.06. The fourth-order valence-electron chi connectivity index (χ4n) is 1.97. The number of nitro groups is 1. The highest BCUT2D eigenvalue weighted by molar-refractivity contribution is 6.30. The maximum atomic E-state index is 13.6. The first-order valence-electron chi connectivity index (χ1n) is 6.61. The van der Waals surface area contributed by atoms with Crippen LogP contribution in [-0.4, -0.2) is 17.4 Å². The number of anilines is 2. The minimum absolute atomic E-state index is 0.0111. The van der Waals surface area contributed by atoms with Crippen molar-refractivity contribution in [2.24, 2.45) is 0 Å². The van der Waals surface area contributed by atoms with Gasteiger partial charge in [0.25, 0.3) is 5.69 Å². The molecule has 0 saturated heterocycles. The normalized spacial score (nSPS) is 10.2. The van der Waals surface area contributed by atoms with Gasteiger partial charge in [-0.15, -0.1) is 0 Å². The van der Waals surface area contributed by atoms with E-state index in [1.807, 2.05) is 0 Å². The molecule has 0 fully saturated rings. The molecule has 0 aliphatic heterocycles. The van der Waals surface area contributed by atoms with E-state index in [1.54, 1.807) is 13.0 Å². The molecular formula is C15H13ClFN3O3. The average molecular weight is 338 g/mol. The van der Waals surface area contributed by atoms with E-state index in [-0.39, 0.29) is 22.9 Å². The van der Waals surface area contributed by atoms with E-state index in [9.17, 15) is 19.3 Å². The summed E-state index contributed by atoms with van der Waals surface area (Å²) in [6.07, 6.45) is 0. The summed E-state index contributed by atoms with van der Waals surface area (Å²) in [6, 6.07) is 8.42. The zero-order valence-electron chi connectivity index (χ0n) is 12.1. The number of nitro benzene ring substituents is 1. The van der Waals surface area contributed by atoms with Crippen LogP contribution < -0.4 is 10.6 Å². The summed E-state index contributed by atoms with van der Waals surface area (Å²) in [4.78, 5) is 22.2. The highest BCUT2D eigenvalue weighted by Crippen LogP contribution is 2.25. The second-order valence-corrected chi connectivity index (χ2v) is 5.17. The topological polar surface area (TPSA) is 84.3 Å². The molecule has 0 aliphatic rings. The molecule has 1 amide bonds. The summed E-state index contributed by atoms with van der Waals surface area (Å²) in [5.74, 6) is -1.13. The van der Waals surface area contributed by atoms with Gasteiger partial charge in [0, 0.05) is 22.3 Å². The van der Waals surface area contributed by atoms with Crippen LogP contribution in [0.4, 0.5) is 21.5 Å². The Balaban J connectivity index is 2.02. The van der Waals surface area contributed by atoms with Crippen molar-refractivity contribution in [2.45, 2.75) is 6.92 Å². The predicted molar refractivity (Wildman–Crippen MR) is 86.4 cm³/mol. The first kappa shape index (κ1) is 16.7. The summed E-state index contributed by atoms with van der Waals surface area (Å²) < 4.78 is 13.6. The molecule has 0 bridgehead atoms. The number of nitrogens with zero attached hydrogens (tertiary/aromatic N) is 1. The lowest BCUT2D eigenvalue weighted by Crippen LogP contribution is -2.22. The van der Waals surface area contributed by atoms with E-state index in [0.717, 1.165) is 6.07 Å². The Morgan fingerprint density at radius 2 is 2.04 bits per heavy atom. The second-order valence-electron chi connectivity index (χ2n) is 4.73. The van der Waals surface area contributed by atoms with E-state index in [0.29, 0.717) is 11.3 Å². The molecule has 0 radical (unpaired) electrons. The lowest BCUT2D eigenvalue weighted by atomic mass is 10.1. The molecule has 0 aromatic heterocycles. The van der Waals surface area contributed by atoms with Crippen LogP contribution in [0.5, 0.6) is 0 Å². The molecule has 2 N–H and O–H groups in total. The van der Waals surface area contributed by atoms with Crippen molar-refractivity contribution in [3.05, 3.63) is 62.9 Å². The number of benzene rings is 2. The SMILES string of the molecule is Cc1c(NCC(=O)Nc2ccc(Cl)cc2F)cccc1[N+](=O)[O-]. The summed E-state index contributed by atoms with van der Waals surface area (Å²) in [5, 5.41) is 16.3. The first-order valence-corrected chi connectivity index (χ1v) is 6.99. The van der Waals surface area contributed by atoms with E-state index in [1.165, 1.54) is 24.3 Å². The summed E-state index contributed by atoms with van der Waals surface area (Å²) in [5.41, 5.74) is 0.852. The van der Waals surface area contributed by atoms with Crippen molar-refractivity contribution in [3.63, 3.8) is 0 Å². The lowest BCUT2D eigenvalue weighted by Gasteiger charge is -2.10. The number of hydrogen-bond acceptors (Lipinski definition) is 4. The Labute approximate surface area is 136 Å². The number of amides is 1. The highest BCUT2D eigenvalue weighted by Gasteiger charge is 2.14. The molecule has 6 nitrogen and oxygen atoms in total. The summed E-state index contributed by atoms with van der Waals surface area (Å²) in [7, 11) is 0. The number of nitrogens with one attached hydrogen (secondary N) is 2. The Morgan fingerprint density at radius 1 is 1.30 bits per heavy atom. The first-order chi connectivity index (χ1) is 10.9. The molecular weight excluding hydrogens is 325 g/mol. The number of hydrogen-bond donors (Lipinski definition) is 2. The molecule has 2 rings (SSSR count). The highest BCUT2D eigenvalue weighted by atomic mass is 35.5. The van der Waals surface area contributed by atoms with E-state index >= 15 is 0 Å². The third-order valence-corrected chi connectivity index (χ3v) is 3.38. The molecule has 23 heavy (non-hydrogen) atoms. The third kappa shape index (κ3) is 4.17. The maximum absolute atomic E-state index is 13.6. The molecule has 120 valence electrons. The number of carbonyl (C=O) groups is 1. The van der Waals surface area contributed by atoms with E-state index < -0.39 is 16.6 Å². The molecule has 0 spiro atoms. The number of rotatable bonds is 5. The molecule has 0 unspecified atom stereocenters. The van der Waals surface area contributed by atoms with Crippen molar-refractivity contribution < 1.29 is 14.1 Å². The van der Waals surface area contributed by atoms with Crippen molar-refractivity contribution in [1.82, 2.24) is 0 Å². The van der Waals surface area contributed by atoms with Crippen molar-refractivity contribution >= 4 is 34.6 Å². The quantitative estimate of drug-likeness (QED) is 0.643. The predicted octanol–water partition coefficient (Wildman–Crippen LogP) is 3.75. The van der Waals surface area contributed by atoms with Crippen molar-refractivity contribution in [2.75, 3.05) is 17.2 Å². The Hall–Kier alpha value is -2.67. The fraction of sp³-hybridized carbons (Fsp3) is 0.133. The van der Waals surface area contributed by atoms with Crippen LogP contribution in [0.1, 0.15) is 5.56 Å². The van der Waals surface area contributed by atoms with Crippen LogP contribution in [-0.2, 0) is 4.79 Å². The number of carbonyl (C=O) groups excluding carboxylic acids is 1. The Morgan fingerprint density at radius 3 is 2.70 bits per heavy atom. The summed E-state index contributed by atoms with van der Waals surface area (Å²) in [6.45, 7) is 1.42. The monoisotopic (exact) mass is 337 g/mol. The Bertz CT molecular complexity index is 768. The van der Waals surface area contributed by atoms with Gasteiger partial charge in [0.15, 0.2) is 0 Å². The van der Waals surface area contributed by atoms with Crippen LogP contribution in [0.25, 0.3) is 0 Å². The van der Waals surface area contributed by atoms with Gasteiger partial charge < -0.3 is 10.6 Å². The average Bonchev–Trinajstić information content (AvgIpc) is 2.49. The van der Waals surface area contributed by atoms with Gasteiger partial charge in [0.2, 0.25) is 5.91 Å². The minimum Gasteiger partial charge on any atom is -0.376 e. The lowest BCUT2D eigenvalue weighted by molar-refractivity contribution is -0.385. The van der Waals surface area contributed by atoms with Gasteiger partial charge in [-0.05, 0) is 31.2 Å². The van der Waals surface area contributed by atoms with Crippen LogP contribution in [0.15, 0.2) is 36.4 Å². The van der Waals surface area contributed by atoms with Crippen LogP contribution in [0.3, 0.4) is 0 Å². The van der Waals surface area contributed by atoms with E-state index in [2.05, 4.69) is 10.6 Å². The van der Waals surface area contributed by atoms with Crippen molar-refractivity contribution in [3.8, 4) is 0 Å². The molecule has 2 aromatic rings. The molecule has 0 heterocycles. The number of halogens is 2. The van der Waals surface area contributed by atoms with Gasteiger partial charge in [-0.1, -0.05) is 17.7 Å². The zero-order chi connectivity index (χ0) is 17.0. The molecule has 0 saturated carbocycles. The molecule has 8 heteroatoms. The van der Waals surface area contributed by atoms with Crippen LogP contribution >= 0.6 is 11.6 Å². The smallest absolute Gasteiger partial charge is 0.274 e. The fourth-order valence-corrected chi connectivity index (χ4v) is 2.13. The molecule has 0 atom stereocenters. The van der Waals surface area contributed by atoms with Gasteiger partial charge in [-0.25, -0.2) is 4.39 Å². The van der Waals surface area contributed by atoms with Gasteiger partial charge >= 0.3 is 0 Å². The van der Waals surface area contributed by atoms with Gasteiger partial charge in [-0.2, -0.15) is 0 Å². The Kier molecular flexibility index (Phi) is 5.13. The molecule has 2 aromatic carbocycles. The van der Waals surface area contributed by atoms with Gasteiger partial charge in [-0.3, -0.25) is 14.9 Å². The summed E-state index contributed by atoms with van der Waals surface area (Å²) >= 11 is 5.63. The van der Waals surface area contributed by atoms with Gasteiger partial charge in [0.1, 0.15) is 5.82 Å². The van der Waals surface area contributed by atoms with E-state index in [4.69, 9.17) is 11.6 Å². The standard InChI is InChI=1S/C15H13ClFN3O3/c1-9-12(3-2-4-14(9)20(22)23)18-8-15(21)19-13-6-5-10(16)7-11(13)17/h2-7,18H,8H2,1H3,(H,19,21). The minimum atomic E-state index is -0.641. The third-order valence-electron chi connectivity index (χ3n) is 3.15. The van der Waals surface area contributed by atoms with Gasteiger partial charge in [0.05, 0.1) is 17.2 Å². The maximum Gasteiger partial charge on any atom is 0.274 e. The van der Waals surface area contributed by atoms with Crippen molar-refractivity contribution in [1.29, 1.82) is 0 Å².